The Morgan fingerprint density at radius 3 is 2.44 bits per heavy atom. The second kappa shape index (κ2) is 6.48. The first-order valence-electron chi connectivity index (χ1n) is 7.68. The van der Waals surface area contributed by atoms with E-state index in [0.717, 1.165) is 11.4 Å². The lowest BCUT2D eigenvalue weighted by atomic mass is 10.2. The van der Waals surface area contributed by atoms with Gasteiger partial charge in [-0.25, -0.2) is 9.07 Å². The van der Waals surface area contributed by atoms with Crippen LogP contribution in [0, 0.1) is 33.5 Å². The molecule has 2 aromatic heterocycles. The summed E-state index contributed by atoms with van der Waals surface area (Å²) in [6, 6.07) is 6.38. The van der Waals surface area contributed by atoms with Crippen LogP contribution in [0.4, 0.5) is 10.1 Å². The van der Waals surface area contributed by atoms with Crippen molar-refractivity contribution >= 4 is 27.5 Å². The van der Waals surface area contributed by atoms with E-state index in [9.17, 15) is 9.18 Å². The van der Waals surface area contributed by atoms with E-state index >= 15 is 0 Å². The minimum absolute atomic E-state index is 0.333. The van der Waals surface area contributed by atoms with E-state index in [1.165, 1.54) is 10.7 Å². The lowest BCUT2D eigenvalue weighted by Gasteiger charge is -2.09. The van der Waals surface area contributed by atoms with Gasteiger partial charge in [-0.3, -0.25) is 4.79 Å². The molecule has 3 rings (SSSR count). The van der Waals surface area contributed by atoms with Crippen molar-refractivity contribution in [3.8, 4) is 5.69 Å². The number of aryl methyl sites for hydroxylation is 4. The second-order valence-corrected chi connectivity index (χ2v) is 6.66. The number of furan rings is 1. The number of aromatic nitrogens is 2. The Labute approximate surface area is 153 Å². The van der Waals surface area contributed by atoms with E-state index < -0.39 is 5.82 Å². The molecule has 0 aliphatic heterocycles. The third-order valence-corrected chi connectivity index (χ3v) is 4.81. The summed E-state index contributed by atoms with van der Waals surface area (Å²) in [7, 11) is 0. The quantitative estimate of drug-likeness (QED) is 0.676. The van der Waals surface area contributed by atoms with Gasteiger partial charge in [0.15, 0.2) is 5.82 Å². The predicted molar refractivity (Wildman–Crippen MR) is 96.8 cm³/mol. The molecule has 1 aromatic carbocycles. The first-order chi connectivity index (χ1) is 11.8. The number of halogens is 2. The number of benzene rings is 1. The van der Waals surface area contributed by atoms with Crippen LogP contribution < -0.4 is 5.32 Å². The van der Waals surface area contributed by atoms with Crippen molar-refractivity contribution in [3.05, 3.63) is 63.0 Å². The van der Waals surface area contributed by atoms with Crippen LogP contribution in [-0.4, -0.2) is 15.7 Å². The van der Waals surface area contributed by atoms with Crippen LogP contribution in [0.1, 0.15) is 33.3 Å². The summed E-state index contributed by atoms with van der Waals surface area (Å²) in [5, 5.41) is 6.97. The van der Waals surface area contributed by atoms with Crippen molar-refractivity contribution in [2.45, 2.75) is 27.7 Å². The zero-order valence-corrected chi connectivity index (χ0v) is 15.9. The standard InChI is InChI=1S/C18H17BrFN3O2/c1-9-7-10(2)23(22-9)15-6-5-13(8-14(15)20)21-18(24)16-11(3)25-12(4)17(16)19/h5-8H,1-4H3,(H,21,24). The fourth-order valence-electron chi connectivity index (χ4n) is 2.74. The molecule has 0 aliphatic carbocycles. The van der Waals surface area contributed by atoms with E-state index in [1.807, 2.05) is 19.9 Å². The van der Waals surface area contributed by atoms with Crippen molar-refractivity contribution in [1.29, 1.82) is 0 Å². The van der Waals surface area contributed by atoms with Gasteiger partial charge in [0.25, 0.3) is 5.91 Å². The summed E-state index contributed by atoms with van der Waals surface area (Å²) < 4.78 is 22.1. The Balaban J connectivity index is 1.88. The number of anilines is 1. The molecule has 2 heterocycles. The minimum Gasteiger partial charge on any atom is -0.465 e. The van der Waals surface area contributed by atoms with Gasteiger partial charge < -0.3 is 9.73 Å². The number of nitrogens with one attached hydrogen (secondary N) is 1. The molecule has 0 atom stereocenters. The maximum absolute atomic E-state index is 14.5. The smallest absolute Gasteiger partial charge is 0.260 e. The molecule has 0 aliphatic rings. The van der Waals surface area contributed by atoms with Gasteiger partial charge in [-0.05, 0) is 67.9 Å². The molecule has 5 nitrogen and oxygen atoms in total. The summed E-state index contributed by atoms with van der Waals surface area (Å²) in [4.78, 5) is 12.5. The molecule has 3 aromatic rings. The van der Waals surface area contributed by atoms with Gasteiger partial charge in [-0.2, -0.15) is 5.10 Å². The Morgan fingerprint density at radius 1 is 1.20 bits per heavy atom. The molecule has 0 radical (unpaired) electrons. The SMILES string of the molecule is Cc1cc(C)n(-c2ccc(NC(=O)c3c(C)oc(C)c3Br)cc2F)n1. The van der Waals surface area contributed by atoms with Crippen LogP contribution in [0.3, 0.4) is 0 Å². The van der Waals surface area contributed by atoms with Crippen molar-refractivity contribution in [2.75, 3.05) is 5.32 Å². The monoisotopic (exact) mass is 405 g/mol. The summed E-state index contributed by atoms with van der Waals surface area (Å²) in [5.74, 6) is 0.290. The van der Waals surface area contributed by atoms with E-state index in [2.05, 4.69) is 26.3 Å². The van der Waals surface area contributed by atoms with Crippen molar-refractivity contribution in [2.24, 2.45) is 0 Å². The first-order valence-corrected chi connectivity index (χ1v) is 8.47. The molecule has 1 N–H and O–H groups in total. The highest BCUT2D eigenvalue weighted by molar-refractivity contribution is 9.10. The zero-order chi connectivity index (χ0) is 18.3. The van der Waals surface area contributed by atoms with Gasteiger partial charge in [-0.15, -0.1) is 0 Å². The van der Waals surface area contributed by atoms with Gasteiger partial charge in [0.05, 0.1) is 15.7 Å². The number of nitrogens with zero attached hydrogens (tertiary/aromatic N) is 2. The zero-order valence-electron chi connectivity index (χ0n) is 14.3. The second-order valence-electron chi connectivity index (χ2n) is 5.86. The first kappa shape index (κ1) is 17.4. The lowest BCUT2D eigenvalue weighted by molar-refractivity contribution is 0.102. The average molecular weight is 406 g/mol. The Bertz CT molecular complexity index is 975. The highest BCUT2D eigenvalue weighted by Gasteiger charge is 2.20. The topological polar surface area (TPSA) is 60.1 Å². The van der Waals surface area contributed by atoms with Crippen LogP contribution in [0.5, 0.6) is 0 Å². The molecule has 0 fully saturated rings. The molecule has 0 saturated heterocycles. The van der Waals surface area contributed by atoms with Crippen LogP contribution in [0.2, 0.25) is 0 Å². The molecule has 0 unspecified atom stereocenters. The molecular weight excluding hydrogens is 389 g/mol. The Kier molecular flexibility index (Phi) is 4.51. The van der Waals surface area contributed by atoms with Crippen molar-refractivity contribution < 1.29 is 13.6 Å². The number of rotatable bonds is 3. The Hall–Kier alpha value is -2.41. The number of amides is 1. The van der Waals surface area contributed by atoms with E-state index in [1.54, 1.807) is 26.0 Å². The van der Waals surface area contributed by atoms with E-state index in [4.69, 9.17) is 4.42 Å². The summed E-state index contributed by atoms with van der Waals surface area (Å²) in [6.45, 7) is 7.18. The molecule has 130 valence electrons. The summed E-state index contributed by atoms with van der Waals surface area (Å²) >= 11 is 3.34. The highest BCUT2D eigenvalue weighted by atomic mass is 79.9. The molecular formula is C18H17BrFN3O2. The largest absolute Gasteiger partial charge is 0.465 e. The molecule has 7 heteroatoms. The van der Waals surface area contributed by atoms with Gasteiger partial charge in [0, 0.05) is 11.4 Å². The van der Waals surface area contributed by atoms with Gasteiger partial charge in [0.1, 0.15) is 17.2 Å². The number of hydrogen-bond donors (Lipinski definition) is 1. The molecule has 0 spiro atoms. The average Bonchev–Trinajstić information content (AvgIpc) is 2.98. The third kappa shape index (κ3) is 3.24. The molecule has 0 bridgehead atoms. The molecule has 25 heavy (non-hydrogen) atoms. The maximum Gasteiger partial charge on any atom is 0.260 e. The van der Waals surface area contributed by atoms with Crippen molar-refractivity contribution in [3.63, 3.8) is 0 Å². The van der Waals surface area contributed by atoms with Gasteiger partial charge in [-0.1, -0.05) is 0 Å². The summed E-state index contributed by atoms with van der Waals surface area (Å²) in [6.07, 6.45) is 0. The normalized spacial score (nSPS) is 11.0. The van der Waals surface area contributed by atoms with E-state index in [-0.39, 0.29) is 5.91 Å². The minimum atomic E-state index is -0.469. The highest BCUT2D eigenvalue weighted by Crippen LogP contribution is 2.28. The van der Waals surface area contributed by atoms with Gasteiger partial charge >= 0.3 is 0 Å². The Morgan fingerprint density at radius 2 is 1.92 bits per heavy atom. The van der Waals surface area contributed by atoms with Gasteiger partial charge in [0.2, 0.25) is 0 Å². The number of carbonyl (C=O) groups is 1. The molecule has 1 amide bonds. The lowest BCUT2D eigenvalue weighted by Crippen LogP contribution is -2.13. The summed E-state index contributed by atoms with van der Waals surface area (Å²) in [5.41, 5.74) is 2.74. The van der Waals surface area contributed by atoms with Crippen LogP contribution in [0.15, 0.2) is 33.2 Å². The predicted octanol–water partition coefficient (Wildman–Crippen LogP) is 4.85. The number of hydrogen-bond acceptors (Lipinski definition) is 3. The van der Waals surface area contributed by atoms with Crippen LogP contribution >= 0.6 is 15.9 Å². The van der Waals surface area contributed by atoms with Crippen molar-refractivity contribution in [1.82, 2.24) is 9.78 Å². The molecule has 0 saturated carbocycles. The van der Waals surface area contributed by atoms with E-state index in [0.29, 0.717) is 32.9 Å². The fourth-order valence-corrected chi connectivity index (χ4v) is 3.28. The fraction of sp³-hybridized carbons (Fsp3) is 0.222. The van der Waals surface area contributed by atoms with Crippen LogP contribution in [-0.2, 0) is 0 Å². The maximum atomic E-state index is 14.5. The number of carbonyl (C=O) groups excluding carboxylic acids is 1. The van der Waals surface area contributed by atoms with Crippen LogP contribution in [0.25, 0.3) is 5.69 Å². The third-order valence-electron chi connectivity index (χ3n) is 3.86.